The van der Waals surface area contributed by atoms with Crippen LogP contribution in [0.4, 0.5) is 0 Å². The van der Waals surface area contributed by atoms with Crippen molar-refractivity contribution in [3.63, 3.8) is 0 Å². The van der Waals surface area contributed by atoms with Crippen LogP contribution >= 0.6 is 0 Å². The van der Waals surface area contributed by atoms with Gasteiger partial charge in [0.15, 0.2) is 0 Å². The van der Waals surface area contributed by atoms with Crippen LogP contribution in [0.25, 0.3) is 49.7 Å². The SMILES string of the molecule is Cc1ccc(-c2ccc3c(c2)c2cc(-c4ccc(C)cc4)ccc2n3-c2cc[c]cc2)cc1. The molecular weight excluding hydrogens is 398 g/mol. The maximum atomic E-state index is 3.15. The Morgan fingerprint density at radius 1 is 0.485 bits per heavy atom. The van der Waals surface area contributed by atoms with Crippen LogP contribution in [0.3, 0.4) is 0 Å². The van der Waals surface area contributed by atoms with E-state index in [4.69, 9.17) is 0 Å². The molecule has 0 aliphatic carbocycles. The van der Waals surface area contributed by atoms with Crippen molar-refractivity contribution in [3.05, 3.63) is 126 Å². The second-order valence-corrected chi connectivity index (χ2v) is 8.79. The van der Waals surface area contributed by atoms with Gasteiger partial charge in [0, 0.05) is 16.5 Å². The third kappa shape index (κ3) is 3.43. The van der Waals surface area contributed by atoms with Crippen LogP contribution in [0.5, 0.6) is 0 Å². The van der Waals surface area contributed by atoms with E-state index < -0.39 is 0 Å². The van der Waals surface area contributed by atoms with Crippen molar-refractivity contribution in [2.45, 2.75) is 13.8 Å². The molecule has 1 heterocycles. The predicted octanol–water partition coefficient (Wildman–Crippen LogP) is 8.53. The molecule has 1 nitrogen and oxygen atoms in total. The van der Waals surface area contributed by atoms with Crippen molar-refractivity contribution in [1.29, 1.82) is 0 Å². The summed E-state index contributed by atoms with van der Waals surface area (Å²) in [6.45, 7) is 4.26. The molecule has 0 fully saturated rings. The normalized spacial score (nSPS) is 11.3. The van der Waals surface area contributed by atoms with Gasteiger partial charge in [-0.1, -0.05) is 83.9 Å². The first-order chi connectivity index (χ1) is 16.2. The second kappa shape index (κ2) is 7.79. The maximum Gasteiger partial charge on any atom is 0.0541 e. The first-order valence-corrected chi connectivity index (χ1v) is 11.4. The quantitative estimate of drug-likeness (QED) is 0.269. The Labute approximate surface area is 194 Å². The van der Waals surface area contributed by atoms with Crippen molar-refractivity contribution in [2.24, 2.45) is 0 Å². The third-order valence-electron chi connectivity index (χ3n) is 6.49. The summed E-state index contributed by atoms with van der Waals surface area (Å²) in [7, 11) is 0. The Hall–Kier alpha value is -4.10. The van der Waals surface area contributed by atoms with Crippen LogP contribution in [0.2, 0.25) is 0 Å². The van der Waals surface area contributed by atoms with E-state index in [9.17, 15) is 0 Å². The Morgan fingerprint density at radius 2 is 0.909 bits per heavy atom. The molecule has 1 aromatic heterocycles. The number of rotatable bonds is 3. The van der Waals surface area contributed by atoms with E-state index in [1.54, 1.807) is 0 Å². The van der Waals surface area contributed by atoms with Crippen molar-refractivity contribution in [1.82, 2.24) is 4.57 Å². The Morgan fingerprint density at radius 3 is 1.36 bits per heavy atom. The van der Waals surface area contributed by atoms with Gasteiger partial charge < -0.3 is 4.57 Å². The third-order valence-corrected chi connectivity index (χ3v) is 6.49. The standard InChI is InChI=1S/C32H24N/c1-22-8-12-24(13-9-22)26-16-18-31-29(20-26)30-21-27(25-14-10-23(2)11-15-25)17-19-32(30)33(31)28-6-4-3-5-7-28/h4-21H,1-2H3. The molecule has 0 unspecified atom stereocenters. The first kappa shape index (κ1) is 19.6. The lowest BCUT2D eigenvalue weighted by Crippen LogP contribution is -1.93. The van der Waals surface area contributed by atoms with E-state index in [-0.39, 0.29) is 0 Å². The van der Waals surface area contributed by atoms with Gasteiger partial charge >= 0.3 is 0 Å². The van der Waals surface area contributed by atoms with Crippen molar-refractivity contribution >= 4 is 21.8 Å². The molecule has 1 heteroatoms. The highest BCUT2D eigenvalue weighted by Gasteiger charge is 2.14. The molecule has 0 aliphatic heterocycles. The summed E-state index contributed by atoms with van der Waals surface area (Å²) >= 11 is 0. The van der Waals surface area contributed by atoms with Gasteiger partial charge in [0.25, 0.3) is 0 Å². The lowest BCUT2D eigenvalue weighted by Gasteiger charge is -2.08. The van der Waals surface area contributed by atoms with Gasteiger partial charge in [-0.25, -0.2) is 0 Å². The van der Waals surface area contributed by atoms with Crippen LogP contribution in [-0.2, 0) is 0 Å². The molecule has 0 saturated carbocycles. The molecule has 33 heavy (non-hydrogen) atoms. The molecule has 0 aliphatic rings. The molecule has 0 amide bonds. The summed E-state index contributed by atoms with van der Waals surface area (Å²) in [5, 5.41) is 2.54. The van der Waals surface area contributed by atoms with E-state index >= 15 is 0 Å². The van der Waals surface area contributed by atoms with Crippen LogP contribution in [0.15, 0.2) is 109 Å². The summed E-state index contributed by atoms with van der Waals surface area (Å²) in [5.74, 6) is 0. The number of aromatic nitrogens is 1. The number of nitrogens with zero attached hydrogens (tertiary/aromatic N) is 1. The Kier molecular flexibility index (Phi) is 4.62. The number of benzene rings is 5. The lowest BCUT2D eigenvalue weighted by molar-refractivity contribution is 1.18. The van der Waals surface area contributed by atoms with E-state index in [2.05, 4.69) is 122 Å². The average molecular weight is 423 g/mol. The fourth-order valence-electron chi connectivity index (χ4n) is 4.68. The second-order valence-electron chi connectivity index (χ2n) is 8.79. The largest absolute Gasteiger partial charge is 0.309 e. The molecule has 6 aromatic rings. The first-order valence-electron chi connectivity index (χ1n) is 11.4. The van der Waals surface area contributed by atoms with Gasteiger partial charge in [-0.15, -0.1) is 0 Å². The van der Waals surface area contributed by atoms with Gasteiger partial charge in [-0.05, 0) is 78.6 Å². The maximum absolute atomic E-state index is 3.15. The predicted molar refractivity (Wildman–Crippen MR) is 140 cm³/mol. The summed E-state index contributed by atoms with van der Waals surface area (Å²) in [5.41, 5.74) is 11.1. The molecule has 0 bridgehead atoms. The monoisotopic (exact) mass is 422 g/mol. The van der Waals surface area contributed by atoms with Crippen LogP contribution in [0.1, 0.15) is 11.1 Å². The fraction of sp³-hybridized carbons (Fsp3) is 0.0625. The van der Waals surface area contributed by atoms with Crippen molar-refractivity contribution in [3.8, 4) is 27.9 Å². The van der Waals surface area contributed by atoms with Crippen molar-refractivity contribution in [2.75, 3.05) is 0 Å². The number of fused-ring (bicyclic) bond motifs is 3. The van der Waals surface area contributed by atoms with E-state index in [1.165, 1.54) is 55.2 Å². The summed E-state index contributed by atoms with van der Waals surface area (Å²) in [6, 6.07) is 42.6. The molecule has 6 rings (SSSR count). The molecule has 0 N–H and O–H groups in total. The molecule has 0 spiro atoms. The van der Waals surface area contributed by atoms with Crippen LogP contribution in [0, 0.1) is 19.9 Å². The summed E-state index contributed by atoms with van der Waals surface area (Å²) in [6.07, 6.45) is 0. The minimum absolute atomic E-state index is 1.15. The van der Waals surface area contributed by atoms with Gasteiger partial charge in [-0.2, -0.15) is 0 Å². The van der Waals surface area contributed by atoms with E-state index in [0.29, 0.717) is 0 Å². The van der Waals surface area contributed by atoms with E-state index in [1.807, 2.05) is 12.1 Å². The minimum atomic E-state index is 1.15. The molecule has 0 saturated heterocycles. The smallest absolute Gasteiger partial charge is 0.0541 e. The molecule has 0 atom stereocenters. The Balaban J connectivity index is 1.64. The van der Waals surface area contributed by atoms with Gasteiger partial charge in [0.1, 0.15) is 0 Å². The van der Waals surface area contributed by atoms with Gasteiger partial charge in [0.2, 0.25) is 0 Å². The fourth-order valence-corrected chi connectivity index (χ4v) is 4.68. The number of aryl methyl sites for hydroxylation is 2. The summed E-state index contributed by atoms with van der Waals surface area (Å²) < 4.78 is 2.36. The molecule has 1 radical (unpaired) electrons. The Bertz CT molecular complexity index is 1480. The highest BCUT2D eigenvalue weighted by molar-refractivity contribution is 6.11. The van der Waals surface area contributed by atoms with Crippen LogP contribution < -0.4 is 0 Å². The molecule has 157 valence electrons. The van der Waals surface area contributed by atoms with Gasteiger partial charge in [0.05, 0.1) is 11.0 Å². The highest BCUT2D eigenvalue weighted by Crippen LogP contribution is 2.37. The summed E-state index contributed by atoms with van der Waals surface area (Å²) in [4.78, 5) is 0. The van der Waals surface area contributed by atoms with Crippen LogP contribution in [-0.4, -0.2) is 4.57 Å². The zero-order valence-corrected chi connectivity index (χ0v) is 18.8. The average Bonchev–Trinajstić information content (AvgIpc) is 3.18. The van der Waals surface area contributed by atoms with Crippen molar-refractivity contribution < 1.29 is 0 Å². The molecule has 5 aromatic carbocycles. The van der Waals surface area contributed by atoms with Gasteiger partial charge in [-0.3, -0.25) is 0 Å². The van der Waals surface area contributed by atoms with E-state index in [0.717, 1.165) is 5.69 Å². The zero-order valence-electron chi connectivity index (χ0n) is 18.8. The zero-order chi connectivity index (χ0) is 22.4. The molecular formula is C32H24N. The number of hydrogen-bond acceptors (Lipinski definition) is 0. The topological polar surface area (TPSA) is 4.93 Å². The highest BCUT2D eigenvalue weighted by atomic mass is 15.0. The number of hydrogen-bond donors (Lipinski definition) is 0. The lowest BCUT2D eigenvalue weighted by atomic mass is 9.99. The minimum Gasteiger partial charge on any atom is -0.309 e.